The first kappa shape index (κ1) is 17.4. The number of carbonyl (C=O) groups is 1. The van der Waals surface area contributed by atoms with Crippen LogP contribution in [0.5, 0.6) is 11.6 Å². The van der Waals surface area contributed by atoms with Gasteiger partial charge in [0, 0.05) is 37.2 Å². The van der Waals surface area contributed by atoms with Gasteiger partial charge in [0.2, 0.25) is 11.8 Å². The van der Waals surface area contributed by atoms with Crippen molar-refractivity contribution in [3.8, 4) is 11.6 Å². The van der Waals surface area contributed by atoms with E-state index < -0.39 is 5.54 Å². The van der Waals surface area contributed by atoms with Crippen molar-refractivity contribution >= 4 is 11.6 Å². The number of aryl methyl sites for hydroxylation is 2. The Labute approximate surface area is 147 Å². The number of hydrogen-bond acceptors (Lipinski definition) is 5. The number of anilines is 1. The number of pyridine rings is 1. The van der Waals surface area contributed by atoms with Crippen LogP contribution in [0.3, 0.4) is 0 Å². The lowest BCUT2D eigenvalue weighted by Gasteiger charge is -2.31. The highest BCUT2D eigenvalue weighted by Crippen LogP contribution is 2.28. The number of nitrogens with two attached hydrogens (primary N) is 1. The molecule has 1 aliphatic heterocycles. The zero-order valence-corrected chi connectivity index (χ0v) is 14.5. The van der Waals surface area contributed by atoms with Crippen LogP contribution in [0.25, 0.3) is 0 Å². The molecule has 1 aliphatic rings. The molecule has 0 bridgehead atoms. The molecule has 6 heteroatoms. The number of amides is 1. The Kier molecular flexibility index (Phi) is 5.01. The van der Waals surface area contributed by atoms with Gasteiger partial charge in [0.15, 0.2) is 0 Å². The molecule has 25 heavy (non-hydrogen) atoms. The molecule has 6 nitrogen and oxygen atoms in total. The number of benzene rings is 1. The summed E-state index contributed by atoms with van der Waals surface area (Å²) in [5.41, 5.74) is 8.01. The summed E-state index contributed by atoms with van der Waals surface area (Å²) in [6.45, 7) is 4.93. The van der Waals surface area contributed by atoms with Gasteiger partial charge < -0.3 is 20.5 Å². The molecule has 0 unspecified atom stereocenters. The normalized spacial score (nSPS) is 16.3. The maximum atomic E-state index is 12.5. The number of carbonyl (C=O) groups excluding carboxylic acids is 1. The molecular weight excluding hydrogens is 318 g/mol. The molecule has 0 atom stereocenters. The van der Waals surface area contributed by atoms with Crippen molar-refractivity contribution < 1.29 is 14.3 Å². The average Bonchev–Trinajstić information content (AvgIpc) is 2.58. The average molecular weight is 341 g/mol. The molecule has 1 saturated heterocycles. The highest BCUT2D eigenvalue weighted by molar-refractivity contribution is 5.98. The SMILES string of the molecule is Cc1ccnc(Oc2cc(NC(=O)C3(N)CCOCC3)ccc2C)c1. The molecule has 1 aromatic heterocycles. The van der Waals surface area contributed by atoms with E-state index in [2.05, 4.69) is 10.3 Å². The summed E-state index contributed by atoms with van der Waals surface area (Å²) >= 11 is 0. The van der Waals surface area contributed by atoms with Gasteiger partial charge in [-0.25, -0.2) is 4.98 Å². The van der Waals surface area contributed by atoms with Crippen molar-refractivity contribution in [2.45, 2.75) is 32.2 Å². The molecule has 1 fully saturated rings. The highest BCUT2D eigenvalue weighted by atomic mass is 16.5. The van der Waals surface area contributed by atoms with E-state index in [4.69, 9.17) is 15.2 Å². The topological polar surface area (TPSA) is 86.5 Å². The second-order valence-electron chi connectivity index (χ2n) is 6.48. The molecule has 3 N–H and O–H groups in total. The molecule has 0 aliphatic carbocycles. The summed E-state index contributed by atoms with van der Waals surface area (Å²) in [7, 11) is 0. The third-order valence-corrected chi connectivity index (χ3v) is 4.39. The standard InChI is InChI=1S/C19H23N3O3/c1-13-5-8-21-17(11-13)25-16-12-15(4-3-14(16)2)22-18(23)19(20)6-9-24-10-7-19/h3-5,8,11-12H,6-7,9-10,20H2,1-2H3,(H,22,23). The molecule has 2 heterocycles. The van der Waals surface area contributed by atoms with E-state index >= 15 is 0 Å². The third kappa shape index (κ3) is 4.15. The Morgan fingerprint density at radius 2 is 2.00 bits per heavy atom. The zero-order chi connectivity index (χ0) is 17.9. The van der Waals surface area contributed by atoms with Crippen LogP contribution < -0.4 is 15.8 Å². The van der Waals surface area contributed by atoms with Crippen LogP contribution in [0, 0.1) is 13.8 Å². The maximum Gasteiger partial charge on any atom is 0.244 e. The minimum atomic E-state index is -0.887. The van der Waals surface area contributed by atoms with Crippen LogP contribution in [-0.2, 0) is 9.53 Å². The summed E-state index contributed by atoms with van der Waals surface area (Å²) in [5, 5.41) is 2.90. The molecule has 1 aromatic carbocycles. The van der Waals surface area contributed by atoms with E-state index in [1.165, 1.54) is 0 Å². The number of rotatable bonds is 4. The quantitative estimate of drug-likeness (QED) is 0.893. The van der Waals surface area contributed by atoms with E-state index in [1.54, 1.807) is 12.3 Å². The van der Waals surface area contributed by atoms with Gasteiger partial charge in [-0.05, 0) is 49.9 Å². The first-order chi connectivity index (χ1) is 12.0. The Bertz CT molecular complexity index is 770. The monoisotopic (exact) mass is 341 g/mol. The van der Waals surface area contributed by atoms with Gasteiger partial charge in [-0.15, -0.1) is 0 Å². The maximum absolute atomic E-state index is 12.5. The van der Waals surface area contributed by atoms with Crippen molar-refractivity contribution in [1.82, 2.24) is 4.98 Å². The summed E-state index contributed by atoms with van der Waals surface area (Å²) < 4.78 is 11.2. The lowest BCUT2D eigenvalue weighted by molar-refractivity contribution is -0.124. The second kappa shape index (κ2) is 7.21. The first-order valence-electron chi connectivity index (χ1n) is 8.35. The molecule has 1 amide bonds. The van der Waals surface area contributed by atoms with E-state index in [1.807, 2.05) is 38.1 Å². The van der Waals surface area contributed by atoms with Crippen molar-refractivity contribution in [2.24, 2.45) is 5.73 Å². The van der Waals surface area contributed by atoms with Crippen LogP contribution in [0.15, 0.2) is 36.5 Å². The fraction of sp³-hybridized carbons (Fsp3) is 0.368. The minimum absolute atomic E-state index is 0.195. The fourth-order valence-electron chi connectivity index (χ4n) is 2.68. The lowest BCUT2D eigenvalue weighted by Crippen LogP contribution is -2.54. The lowest BCUT2D eigenvalue weighted by atomic mass is 9.90. The van der Waals surface area contributed by atoms with E-state index in [9.17, 15) is 4.79 Å². The van der Waals surface area contributed by atoms with Gasteiger partial charge in [0.25, 0.3) is 0 Å². The predicted molar refractivity (Wildman–Crippen MR) is 95.8 cm³/mol. The van der Waals surface area contributed by atoms with E-state index in [0.29, 0.717) is 43.4 Å². The smallest absolute Gasteiger partial charge is 0.244 e. The van der Waals surface area contributed by atoms with Crippen molar-refractivity contribution in [3.05, 3.63) is 47.7 Å². The summed E-state index contributed by atoms with van der Waals surface area (Å²) in [4.78, 5) is 16.8. The molecule has 132 valence electrons. The number of nitrogens with zero attached hydrogens (tertiary/aromatic N) is 1. The van der Waals surface area contributed by atoms with Gasteiger partial charge in [0.1, 0.15) is 11.3 Å². The first-order valence-corrected chi connectivity index (χ1v) is 8.35. The highest BCUT2D eigenvalue weighted by Gasteiger charge is 2.35. The van der Waals surface area contributed by atoms with Crippen LogP contribution in [-0.4, -0.2) is 29.6 Å². The van der Waals surface area contributed by atoms with Crippen LogP contribution in [0.2, 0.25) is 0 Å². The molecule has 0 radical (unpaired) electrons. The van der Waals surface area contributed by atoms with Crippen LogP contribution in [0.4, 0.5) is 5.69 Å². The summed E-state index contributed by atoms with van der Waals surface area (Å²) in [6, 6.07) is 9.30. The molecular formula is C19H23N3O3. The fourth-order valence-corrected chi connectivity index (χ4v) is 2.68. The van der Waals surface area contributed by atoms with Crippen molar-refractivity contribution in [3.63, 3.8) is 0 Å². The Balaban J connectivity index is 1.76. The summed E-state index contributed by atoms with van der Waals surface area (Å²) in [6.07, 6.45) is 2.73. The molecule has 3 rings (SSSR count). The largest absolute Gasteiger partial charge is 0.439 e. The predicted octanol–water partition coefficient (Wildman–Crippen LogP) is 2.94. The Hall–Kier alpha value is -2.44. The van der Waals surface area contributed by atoms with E-state index in [-0.39, 0.29) is 5.91 Å². The van der Waals surface area contributed by atoms with Crippen LogP contribution >= 0.6 is 0 Å². The molecule has 2 aromatic rings. The van der Waals surface area contributed by atoms with Gasteiger partial charge >= 0.3 is 0 Å². The Morgan fingerprint density at radius 1 is 1.24 bits per heavy atom. The van der Waals surface area contributed by atoms with Gasteiger partial charge in [0.05, 0.1) is 0 Å². The van der Waals surface area contributed by atoms with Gasteiger partial charge in [-0.3, -0.25) is 4.79 Å². The van der Waals surface area contributed by atoms with Gasteiger partial charge in [-0.2, -0.15) is 0 Å². The number of ether oxygens (including phenoxy) is 2. The van der Waals surface area contributed by atoms with E-state index in [0.717, 1.165) is 11.1 Å². The van der Waals surface area contributed by atoms with Crippen molar-refractivity contribution in [2.75, 3.05) is 18.5 Å². The number of nitrogens with one attached hydrogen (secondary N) is 1. The molecule has 0 spiro atoms. The minimum Gasteiger partial charge on any atom is -0.439 e. The summed E-state index contributed by atoms with van der Waals surface area (Å²) in [5.74, 6) is 0.972. The van der Waals surface area contributed by atoms with Crippen molar-refractivity contribution in [1.29, 1.82) is 0 Å². The van der Waals surface area contributed by atoms with Gasteiger partial charge in [-0.1, -0.05) is 6.07 Å². The second-order valence-corrected chi connectivity index (χ2v) is 6.48. The Morgan fingerprint density at radius 3 is 2.72 bits per heavy atom. The molecule has 0 saturated carbocycles. The number of hydrogen-bond donors (Lipinski definition) is 2. The van der Waals surface area contributed by atoms with Crippen LogP contribution in [0.1, 0.15) is 24.0 Å². The third-order valence-electron chi connectivity index (χ3n) is 4.39. The number of aromatic nitrogens is 1. The zero-order valence-electron chi connectivity index (χ0n) is 14.5.